The van der Waals surface area contributed by atoms with Gasteiger partial charge in [-0.25, -0.2) is 4.79 Å². The molecule has 2 fully saturated rings. The fourth-order valence-corrected chi connectivity index (χ4v) is 4.25. The topological polar surface area (TPSA) is 42.4 Å². The summed E-state index contributed by atoms with van der Waals surface area (Å²) in [7, 11) is 0. The molecule has 0 amide bonds. The normalized spacial score (nSPS) is 36.6. The number of allylic oxidation sites excluding steroid dienone is 1. The van der Waals surface area contributed by atoms with E-state index in [9.17, 15) is 4.79 Å². The number of nitrogens with zero attached hydrogens (tertiary/aromatic N) is 2. The predicted octanol–water partition coefficient (Wildman–Crippen LogP) is 2.02. The first-order valence-electron chi connectivity index (χ1n) is 7.34. The van der Waals surface area contributed by atoms with Crippen LogP contribution in [0.3, 0.4) is 0 Å². The van der Waals surface area contributed by atoms with Gasteiger partial charge in [0.1, 0.15) is 6.04 Å². The highest BCUT2D eigenvalue weighted by atomic mass is 16.5. The van der Waals surface area contributed by atoms with Gasteiger partial charge in [-0.05, 0) is 37.3 Å². The number of carbonyl (C=O) groups excluding carboxylic acids is 1. The summed E-state index contributed by atoms with van der Waals surface area (Å²) in [5, 5.41) is 0. The first-order valence-corrected chi connectivity index (χ1v) is 7.34. The Labute approximate surface area is 118 Å². The van der Waals surface area contributed by atoms with Gasteiger partial charge in [0.15, 0.2) is 0 Å². The second-order valence-electron chi connectivity index (χ2n) is 5.83. The van der Waals surface area contributed by atoms with Crippen molar-refractivity contribution in [1.82, 2.24) is 4.98 Å². The second kappa shape index (κ2) is 4.33. The first-order chi connectivity index (χ1) is 9.81. The highest BCUT2D eigenvalue weighted by Crippen LogP contribution is 2.56. The summed E-state index contributed by atoms with van der Waals surface area (Å²) in [5.41, 5.74) is 1.03. The minimum absolute atomic E-state index is 0.0847. The van der Waals surface area contributed by atoms with E-state index in [1.807, 2.05) is 25.3 Å². The molecule has 1 saturated carbocycles. The Hall–Kier alpha value is -1.84. The number of hydrogen-bond acceptors (Lipinski definition) is 4. The lowest BCUT2D eigenvalue weighted by molar-refractivity contribution is -0.149. The van der Waals surface area contributed by atoms with Gasteiger partial charge >= 0.3 is 5.97 Å². The Morgan fingerprint density at radius 2 is 2.30 bits per heavy atom. The minimum atomic E-state index is -0.135. The van der Waals surface area contributed by atoms with Crippen LogP contribution < -0.4 is 4.90 Å². The maximum absolute atomic E-state index is 12.3. The lowest BCUT2D eigenvalue weighted by Gasteiger charge is -2.55. The summed E-state index contributed by atoms with van der Waals surface area (Å²) in [6.07, 6.45) is 9.40. The standard InChI is InChI=1S/C16H18N2O2/c1-2-20-16(19)15-13-10-5-6-11(8-10)14(13)18(15)12-4-3-7-17-9-12/h3-7,9-11,13-15H,2,8H2,1H3/t10-,11+,13+,14-,15+/m1/s1. The first kappa shape index (κ1) is 11.9. The van der Waals surface area contributed by atoms with Gasteiger partial charge in [0.2, 0.25) is 0 Å². The van der Waals surface area contributed by atoms with Crippen LogP contribution in [0.5, 0.6) is 0 Å². The molecule has 1 aliphatic heterocycles. The Bertz CT molecular complexity index is 557. The van der Waals surface area contributed by atoms with E-state index in [1.165, 1.54) is 6.42 Å². The van der Waals surface area contributed by atoms with Gasteiger partial charge < -0.3 is 9.64 Å². The molecule has 2 bridgehead atoms. The zero-order valence-corrected chi connectivity index (χ0v) is 11.5. The van der Waals surface area contributed by atoms with Gasteiger partial charge in [-0.15, -0.1) is 0 Å². The van der Waals surface area contributed by atoms with Crippen molar-refractivity contribution in [3.05, 3.63) is 36.7 Å². The molecule has 1 aromatic rings. The third kappa shape index (κ3) is 1.48. The molecule has 4 rings (SSSR count). The van der Waals surface area contributed by atoms with Crippen LogP contribution in [0.15, 0.2) is 36.7 Å². The van der Waals surface area contributed by atoms with Crippen molar-refractivity contribution in [1.29, 1.82) is 0 Å². The Kier molecular flexibility index (Phi) is 2.59. The second-order valence-corrected chi connectivity index (χ2v) is 5.83. The molecule has 1 saturated heterocycles. The number of ether oxygens (including phenoxy) is 1. The number of hydrogen-bond donors (Lipinski definition) is 0. The molecule has 104 valence electrons. The fourth-order valence-electron chi connectivity index (χ4n) is 4.25. The zero-order valence-electron chi connectivity index (χ0n) is 11.5. The summed E-state index contributed by atoms with van der Waals surface area (Å²) < 4.78 is 5.29. The molecule has 4 heteroatoms. The van der Waals surface area contributed by atoms with Crippen LogP contribution in [0.4, 0.5) is 5.69 Å². The molecule has 2 aliphatic carbocycles. The van der Waals surface area contributed by atoms with Gasteiger partial charge in [0.25, 0.3) is 0 Å². The lowest BCUT2D eigenvalue weighted by Crippen LogP contribution is -2.69. The smallest absolute Gasteiger partial charge is 0.329 e. The number of aromatic nitrogens is 1. The van der Waals surface area contributed by atoms with Crippen molar-refractivity contribution in [2.24, 2.45) is 17.8 Å². The van der Waals surface area contributed by atoms with Crippen LogP contribution in [0.2, 0.25) is 0 Å². The van der Waals surface area contributed by atoms with Crippen molar-refractivity contribution < 1.29 is 9.53 Å². The van der Waals surface area contributed by atoms with Gasteiger partial charge in [-0.3, -0.25) is 4.98 Å². The van der Waals surface area contributed by atoms with Crippen molar-refractivity contribution >= 4 is 11.7 Å². The lowest BCUT2D eigenvalue weighted by atomic mass is 9.73. The molecule has 2 heterocycles. The van der Waals surface area contributed by atoms with E-state index in [4.69, 9.17) is 4.74 Å². The van der Waals surface area contributed by atoms with E-state index in [2.05, 4.69) is 22.0 Å². The molecule has 0 radical (unpaired) electrons. The van der Waals surface area contributed by atoms with E-state index < -0.39 is 0 Å². The highest BCUT2D eigenvalue weighted by molar-refractivity contribution is 5.84. The Morgan fingerprint density at radius 3 is 3.05 bits per heavy atom. The van der Waals surface area contributed by atoms with Gasteiger partial charge in [0.05, 0.1) is 18.5 Å². The molecular formula is C16H18N2O2. The third-order valence-electron chi connectivity index (χ3n) is 4.93. The minimum Gasteiger partial charge on any atom is -0.464 e. The maximum atomic E-state index is 12.3. The largest absolute Gasteiger partial charge is 0.464 e. The molecule has 5 atom stereocenters. The number of anilines is 1. The summed E-state index contributed by atoms with van der Waals surface area (Å²) in [6.45, 7) is 2.31. The molecule has 0 unspecified atom stereocenters. The number of carbonyl (C=O) groups is 1. The number of rotatable bonds is 3. The average molecular weight is 270 g/mol. The molecular weight excluding hydrogens is 252 g/mol. The Balaban J connectivity index is 1.68. The van der Waals surface area contributed by atoms with E-state index in [-0.39, 0.29) is 12.0 Å². The van der Waals surface area contributed by atoms with Crippen LogP contribution in [0.1, 0.15) is 13.3 Å². The van der Waals surface area contributed by atoms with Crippen molar-refractivity contribution in [2.45, 2.75) is 25.4 Å². The van der Waals surface area contributed by atoms with E-state index in [0.29, 0.717) is 30.4 Å². The van der Waals surface area contributed by atoms with Crippen molar-refractivity contribution in [3.8, 4) is 0 Å². The SMILES string of the molecule is CCOC(=O)[C@@H]1[C@@H]2[C@@H]([C@H]3C=C[C@@H]2C3)N1c1cccnc1. The summed E-state index contributed by atoms with van der Waals surface area (Å²) in [5.74, 6) is 1.46. The number of fused-ring (bicyclic) bond motifs is 5. The molecule has 3 aliphatic rings. The third-order valence-corrected chi connectivity index (χ3v) is 4.93. The number of pyridine rings is 1. The average Bonchev–Trinajstić information content (AvgIpc) is 2.98. The van der Waals surface area contributed by atoms with Crippen LogP contribution >= 0.6 is 0 Å². The summed E-state index contributed by atoms with van der Waals surface area (Å²) in [4.78, 5) is 18.7. The highest BCUT2D eigenvalue weighted by Gasteiger charge is 2.63. The molecule has 4 nitrogen and oxygen atoms in total. The van der Waals surface area contributed by atoms with Crippen LogP contribution in [-0.2, 0) is 9.53 Å². The molecule has 0 spiro atoms. The van der Waals surface area contributed by atoms with E-state index in [0.717, 1.165) is 5.69 Å². The fraction of sp³-hybridized carbons (Fsp3) is 0.500. The van der Waals surface area contributed by atoms with Gasteiger partial charge in [-0.2, -0.15) is 0 Å². The molecule has 20 heavy (non-hydrogen) atoms. The quantitative estimate of drug-likeness (QED) is 0.622. The molecule has 0 aromatic carbocycles. The monoisotopic (exact) mass is 270 g/mol. The van der Waals surface area contributed by atoms with Crippen LogP contribution in [0, 0.1) is 17.8 Å². The van der Waals surface area contributed by atoms with Crippen LogP contribution in [-0.4, -0.2) is 29.6 Å². The van der Waals surface area contributed by atoms with Crippen molar-refractivity contribution in [2.75, 3.05) is 11.5 Å². The summed E-state index contributed by atoms with van der Waals surface area (Å²) in [6, 6.07) is 4.27. The Morgan fingerprint density at radius 1 is 1.45 bits per heavy atom. The zero-order chi connectivity index (χ0) is 13.7. The van der Waals surface area contributed by atoms with Crippen LogP contribution in [0.25, 0.3) is 0 Å². The maximum Gasteiger partial charge on any atom is 0.329 e. The van der Waals surface area contributed by atoms with Gasteiger partial charge in [0, 0.05) is 18.2 Å². The number of esters is 1. The molecule has 0 N–H and O–H groups in total. The van der Waals surface area contributed by atoms with E-state index in [1.54, 1.807) is 6.20 Å². The molecule has 1 aromatic heterocycles. The summed E-state index contributed by atoms with van der Waals surface area (Å²) >= 11 is 0. The van der Waals surface area contributed by atoms with Gasteiger partial charge in [-0.1, -0.05) is 12.2 Å². The van der Waals surface area contributed by atoms with Crippen molar-refractivity contribution in [3.63, 3.8) is 0 Å². The predicted molar refractivity (Wildman–Crippen MR) is 75.2 cm³/mol. The van der Waals surface area contributed by atoms with E-state index >= 15 is 0 Å².